The molecule has 1 aromatic rings. The van der Waals surface area contributed by atoms with Gasteiger partial charge in [-0.15, -0.1) is 0 Å². The molecule has 0 heterocycles. The van der Waals surface area contributed by atoms with Crippen molar-refractivity contribution in [3.63, 3.8) is 0 Å². The van der Waals surface area contributed by atoms with E-state index in [0.29, 0.717) is 12.1 Å². The molecule has 3 N–H and O–H groups in total. The van der Waals surface area contributed by atoms with Crippen LogP contribution in [0.1, 0.15) is 36.8 Å². The lowest BCUT2D eigenvalue weighted by molar-refractivity contribution is -0.139. The average molecular weight is 207 g/mol. The van der Waals surface area contributed by atoms with Crippen molar-refractivity contribution in [3.05, 3.63) is 29.3 Å². The predicted molar refractivity (Wildman–Crippen MR) is 60.9 cm³/mol. The van der Waals surface area contributed by atoms with Gasteiger partial charge < -0.3 is 10.8 Å². The van der Waals surface area contributed by atoms with Gasteiger partial charge in [-0.25, -0.2) is 0 Å². The summed E-state index contributed by atoms with van der Waals surface area (Å²) in [5, 5.41) is 9.12. The molecule has 0 radical (unpaired) electrons. The predicted octanol–water partition coefficient (Wildman–Crippen LogP) is 2.55. The number of rotatable bonds is 4. The molecule has 0 aliphatic carbocycles. The first-order valence-electron chi connectivity index (χ1n) is 5.15. The molecule has 1 aromatic carbocycles. The molecule has 0 fully saturated rings. The van der Waals surface area contributed by atoms with Crippen LogP contribution in [0.4, 0.5) is 5.69 Å². The fraction of sp³-hybridized carbons (Fsp3) is 0.417. The molecule has 0 aliphatic rings. The summed E-state index contributed by atoms with van der Waals surface area (Å²) in [5.74, 6) is -1.27. The zero-order chi connectivity index (χ0) is 11.4. The fourth-order valence-corrected chi connectivity index (χ4v) is 1.71. The second-order valence-electron chi connectivity index (χ2n) is 3.76. The molecule has 0 aromatic heterocycles. The summed E-state index contributed by atoms with van der Waals surface area (Å²) in [6.07, 6.45) is 1.47. The highest BCUT2D eigenvalue weighted by Crippen LogP contribution is 2.28. The molecule has 0 amide bonds. The topological polar surface area (TPSA) is 63.3 Å². The van der Waals surface area contributed by atoms with E-state index in [1.54, 1.807) is 6.07 Å². The average Bonchev–Trinajstić information content (AvgIpc) is 2.19. The molecule has 1 rings (SSSR count). The number of benzene rings is 1. The van der Waals surface area contributed by atoms with Crippen LogP contribution < -0.4 is 5.73 Å². The Balaban J connectivity index is 3.11. The molecular formula is C12H17NO2. The van der Waals surface area contributed by atoms with E-state index in [1.807, 2.05) is 26.0 Å². The van der Waals surface area contributed by atoms with E-state index < -0.39 is 11.9 Å². The Hall–Kier alpha value is -1.51. The summed E-state index contributed by atoms with van der Waals surface area (Å²) in [7, 11) is 0. The standard InChI is InChI=1S/C12H17NO2/c1-3-5-10(12(14)15)9-7-4-6-8(2)11(9)13/h4,6-7,10H,3,5,13H2,1-2H3,(H,14,15). The minimum absolute atomic E-state index is 0.477. The van der Waals surface area contributed by atoms with Crippen molar-refractivity contribution in [2.75, 3.05) is 5.73 Å². The lowest BCUT2D eigenvalue weighted by atomic mass is 9.92. The molecule has 1 unspecified atom stereocenters. The first-order valence-corrected chi connectivity index (χ1v) is 5.15. The highest BCUT2D eigenvalue weighted by Gasteiger charge is 2.21. The number of para-hydroxylation sites is 1. The minimum Gasteiger partial charge on any atom is -0.481 e. The van der Waals surface area contributed by atoms with Crippen molar-refractivity contribution < 1.29 is 9.90 Å². The quantitative estimate of drug-likeness (QED) is 0.746. The van der Waals surface area contributed by atoms with E-state index in [4.69, 9.17) is 10.8 Å². The third kappa shape index (κ3) is 2.49. The van der Waals surface area contributed by atoms with E-state index in [2.05, 4.69) is 0 Å². The Morgan fingerprint density at radius 2 is 2.20 bits per heavy atom. The zero-order valence-electron chi connectivity index (χ0n) is 9.16. The van der Waals surface area contributed by atoms with Crippen molar-refractivity contribution >= 4 is 11.7 Å². The van der Waals surface area contributed by atoms with Gasteiger partial charge in [0.2, 0.25) is 0 Å². The Kier molecular flexibility index (Phi) is 3.72. The van der Waals surface area contributed by atoms with Crippen molar-refractivity contribution in [2.24, 2.45) is 0 Å². The van der Waals surface area contributed by atoms with Crippen LogP contribution in [0.3, 0.4) is 0 Å². The first-order chi connectivity index (χ1) is 7.07. The summed E-state index contributed by atoms with van der Waals surface area (Å²) >= 11 is 0. The SMILES string of the molecule is CCCC(C(=O)O)c1cccc(C)c1N. The molecular weight excluding hydrogens is 190 g/mol. The summed E-state index contributed by atoms with van der Waals surface area (Å²) in [4.78, 5) is 11.1. The molecule has 0 spiro atoms. The maximum absolute atomic E-state index is 11.1. The summed E-state index contributed by atoms with van der Waals surface area (Å²) in [5.41, 5.74) is 8.18. The fourth-order valence-electron chi connectivity index (χ4n) is 1.71. The number of anilines is 1. The zero-order valence-corrected chi connectivity index (χ0v) is 9.16. The molecule has 82 valence electrons. The molecule has 0 saturated heterocycles. The van der Waals surface area contributed by atoms with Crippen LogP contribution in [0.2, 0.25) is 0 Å². The van der Waals surface area contributed by atoms with Crippen LogP contribution in [0, 0.1) is 6.92 Å². The second kappa shape index (κ2) is 4.82. The maximum Gasteiger partial charge on any atom is 0.311 e. The van der Waals surface area contributed by atoms with Crippen LogP contribution in [0.15, 0.2) is 18.2 Å². The van der Waals surface area contributed by atoms with Gasteiger partial charge in [-0.3, -0.25) is 4.79 Å². The van der Waals surface area contributed by atoms with Crippen LogP contribution in [-0.2, 0) is 4.79 Å². The number of aryl methyl sites for hydroxylation is 1. The number of nitrogen functional groups attached to an aromatic ring is 1. The van der Waals surface area contributed by atoms with Crippen molar-refractivity contribution in [1.82, 2.24) is 0 Å². The van der Waals surface area contributed by atoms with Gasteiger partial charge >= 0.3 is 5.97 Å². The van der Waals surface area contributed by atoms with Gasteiger partial charge in [0.1, 0.15) is 0 Å². The van der Waals surface area contributed by atoms with E-state index in [0.717, 1.165) is 17.5 Å². The molecule has 0 saturated carbocycles. The van der Waals surface area contributed by atoms with Gasteiger partial charge in [-0.2, -0.15) is 0 Å². The summed E-state index contributed by atoms with van der Waals surface area (Å²) in [6.45, 7) is 3.87. The van der Waals surface area contributed by atoms with Gasteiger partial charge in [0, 0.05) is 5.69 Å². The van der Waals surface area contributed by atoms with Crippen LogP contribution in [0.25, 0.3) is 0 Å². The van der Waals surface area contributed by atoms with Gasteiger partial charge in [0.25, 0.3) is 0 Å². The van der Waals surface area contributed by atoms with Crippen molar-refractivity contribution in [1.29, 1.82) is 0 Å². The van der Waals surface area contributed by atoms with Gasteiger partial charge in [-0.05, 0) is 24.5 Å². The lowest BCUT2D eigenvalue weighted by Crippen LogP contribution is -2.13. The van der Waals surface area contributed by atoms with Crippen LogP contribution >= 0.6 is 0 Å². The number of carboxylic acid groups (broad SMARTS) is 1. The van der Waals surface area contributed by atoms with Crippen LogP contribution in [-0.4, -0.2) is 11.1 Å². The summed E-state index contributed by atoms with van der Waals surface area (Å²) < 4.78 is 0. The summed E-state index contributed by atoms with van der Waals surface area (Å²) in [6, 6.07) is 5.55. The maximum atomic E-state index is 11.1. The van der Waals surface area contributed by atoms with E-state index in [9.17, 15) is 4.79 Å². The van der Waals surface area contributed by atoms with E-state index in [1.165, 1.54) is 0 Å². The van der Waals surface area contributed by atoms with Crippen LogP contribution in [0.5, 0.6) is 0 Å². The first kappa shape index (κ1) is 11.6. The lowest BCUT2D eigenvalue weighted by Gasteiger charge is -2.15. The monoisotopic (exact) mass is 207 g/mol. The number of aliphatic carboxylic acids is 1. The smallest absolute Gasteiger partial charge is 0.311 e. The number of carboxylic acids is 1. The molecule has 0 bridgehead atoms. The number of hydrogen-bond acceptors (Lipinski definition) is 2. The van der Waals surface area contributed by atoms with E-state index >= 15 is 0 Å². The van der Waals surface area contributed by atoms with Crippen molar-refractivity contribution in [3.8, 4) is 0 Å². The highest BCUT2D eigenvalue weighted by atomic mass is 16.4. The normalized spacial score (nSPS) is 12.4. The number of nitrogens with two attached hydrogens (primary N) is 1. The van der Waals surface area contributed by atoms with E-state index in [-0.39, 0.29) is 0 Å². The van der Waals surface area contributed by atoms with Gasteiger partial charge in [-0.1, -0.05) is 31.5 Å². The molecule has 15 heavy (non-hydrogen) atoms. The second-order valence-corrected chi connectivity index (χ2v) is 3.76. The Bertz CT molecular complexity index is 361. The van der Waals surface area contributed by atoms with Gasteiger partial charge in [0.15, 0.2) is 0 Å². The number of hydrogen-bond donors (Lipinski definition) is 2. The third-order valence-corrected chi connectivity index (χ3v) is 2.61. The molecule has 1 atom stereocenters. The number of carbonyl (C=O) groups is 1. The Morgan fingerprint density at radius 3 is 2.73 bits per heavy atom. The largest absolute Gasteiger partial charge is 0.481 e. The minimum atomic E-state index is -0.797. The molecule has 3 heteroatoms. The Morgan fingerprint density at radius 1 is 1.53 bits per heavy atom. The molecule has 0 aliphatic heterocycles. The highest BCUT2D eigenvalue weighted by molar-refractivity contribution is 5.79. The molecule has 3 nitrogen and oxygen atoms in total. The third-order valence-electron chi connectivity index (χ3n) is 2.61. The van der Waals surface area contributed by atoms with Gasteiger partial charge in [0.05, 0.1) is 5.92 Å². The van der Waals surface area contributed by atoms with Crippen molar-refractivity contribution in [2.45, 2.75) is 32.6 Å². The Labute approximate surface area is 89.9 Å².